The molecule has 170 valence electrons. The Balaban J connectivity index is 2.31. The van der Waals surface area contributed by atoms with E-state index in [9.17, 15) is 9.59 Å². The number of benzene rings is 1. The van der Waals surface area contributed by atoms with Crippen LogP contribution in [0.25, 0.3) is 6.08 Å². The molecule has 2 rings (SSSR count). The first kappa shape index (κ1) is 24.9. The maximum atomic E-state index is 12.2. The number of ether oxygens (including phenoxy) is 2. The second-order valence-corrected chi connectivity index (χ2v) is 9.51. The molecule has 0 saturated carbocycles. The Hall–Kier alpha value is -2.32. The summed E-state index contributed by atoms with van der Waals surface area (Å²) in [4.78, 5) is 24.3. The molecule has 0 atom stereocenters. The minimum Gasteiger partial charge on any atom is -0.462 e. The van der Waals surface area contributed by atoms with E-state index in [0.29, 0.717) is 17.6 Å². The molecular weight excluding hydrogens is 397 g/mol. The molecule has 1 amide bonds. The van der Waals surface area contributed by atoms with E-state index in [1.807, 2.05) is 39.8 Å². The van der Waals surface area contributed by atoms with Gasteiger partial charge in [0, 0.05) is 6.54 Å². The maximum absolute atomic E-state index is 12.2. The van der Waals surface area contributed by atoms with Crippen molar-refractivity contribution in [3.8, 4) is 0 Å². The highest BCUT2D eigenvalue weighted by molar-refractivity contribution is 6.56. The summed E-state index contributed by atoms with van der Waals surface area (Å²) in [5.74, 6) is -0.387. The molecule has 1 aromatic carbocycles. The van der Waals surface area contributed by atoms with Gasteiger partial charge in [0.1, 0.15) is 5.60 Å². The fourth-order valence-corrected chi connectivity index (χ4v) is 2.87. The van der Waals surface area contributed by atoms with Crippen molar-refractivity contribution in [3.05, 3.63) is 40.9 Å². The summed E-state index contributed by atoms with van der Waals surface area (Å²) in [6, 6.07) is 7.07. The van der Waals surface area contributed by atoms with Crippen LogP contribution in [0.1, 0.15) is 71.3 Å². The average Bonchev–Trinajstić information content (AvgIpc) is 2.85. The second kappa shape index (κ2) is 9.45. The highest BCUT2D eigenvalue weighted by atomic mass is 16.7. The Morgan fingerprint density at radius 3 is 2.29 bits per heavy atom. The molecule has 0 unspecified atom stereocenters. The number of hydrogen-bond acceptors (Lipinski definition) is 6. The van der Waals surface area contributed by atoms with E-state index in [2.05, 4.69) is 5.32 Å². The van der Waals surface area contributed by atoms with Crippen molar-refractivity contribution in [1.82, 2.24) is 5.32 Å². The van der Waals surface area contributed by atoms with Crippen LogP contribution in [0.5, 0.6) is 0 Å². The molecule has 1 aliphatic rings. The molecule has 0 spiro atoms. The van der Waals surface area contributed by atoms with Gasteiger partial charge in [-0.2, -0.15) is 0 Å². The van der Waals surface area contributed by atoms with Crippen LogP contribution in [0, 0.1) is 0 Å². The minimum atomic E-state index is -0.661. The van der Waals surface area contributed by atoms with Gasteiger partial charge in [-0.25, -0.2) is 9.59 Å². The lowest BCUT2D eigenvalue weighted by Gasteiger charge is -2.32. The predicted octanol–water partition coefficient (Wildman–Crippen LogP) is 4.40. The van der Waals surface area contributed by atoms with Crippen LogP contribution in [-0.4, -0.2) is 49.1 Å². The van der Waals surface area contributed by atoms with Crippen LogP contribution in [0.3, 0.4) is 0 Å². The lowest BCUT2D eigenvalue weighted by molar-refractivity contribution is 0.00578. The number of carbonyl (C=O) groups is 2. The molecule has 1 aliphatic heterocycles. The Bertz CT molecular complexity index is 825. The molecular formula is C23H34BNO6. The third-order valence-corrected chi connectivity index (χ3v) is 5.14. The minimum absolute atomic E-state index is 0.162. The molecule has 1 aromatic rings. The van der Waals surface area contributed by atoms with E-state index < -0.39 is 30.0 Å². The van der Waals surface area contributed by atoms with Gasteiger partial charge in [0.15, 0.2) is 0 Å². The highest BCUT2D eigenvalue weighted by Crippen LogP contribution is 2.38. The smallest absolute Gasteiger partial charge is 0.462 e. The Morgan fingerprint density at radius 2 is 1.74 bits per heavy atom. The Kier molecular flexibility index (Phi) is 7.60. The van der Waals surface area contributed by atoms with Gasteiger partial charge in [-0.3, -0.25) is 0 Å². The van der Waals surface area contributed by atoms with E-state index in [1.54, 1.807) is 45.9 Å². The van der Waals surface area contributed by atoms with Gasteiger partial charge >= 0.3 is 19.2 Å². The van der Waals surface area contributed by atoms with Gasteiger partial charge in [0.05, 0.1) is 23.4 Å². The molecule has 7 nitrogen and oxygen atoms in total. The van der Waals surface area contributed by atoms with E-state index in [0.717, 1.165) is 5.56 Å². The van der Waals surface area contributed by atoms with Crippen molar-refractivity contribution in [2.24, 2.45) is 0 Å². The zero-order valence-electron chi connectivity index (χ0n) is 19.8. The van der Waals surface area contributed by atoms with Gasteiger partial charge in [-0.1, -0.05) is 18.2 Å². The highest BCUT2D eigenvalue weighted by Gasteiger charge is 2.52. The molecule has 1 N–H and O–H groups in total. The third-order valence-electron chi connectivity index (χ3n) is 5.14. The fraction of sp³-hybridized carbons (Fsp3) is 0.565. The van der Waals surface area contributed by atoms with Crippen molar-refractivity contribution in [1.29, 1.82) is 0 Å². The van der Waals surface area contributed by atoms with Gasteiger partial charge < -0.3 is 24.1 Å². The number of nitrogens with one attached hydrogen (secondary N) is 1. The molecule has 0 bridgehead atoms. The van der Waals surface area contributed by atoms with Gasteiger partial charge in [0.25, 0.3) is 0 Å². The number of amides is 1. The first-order valence-electron chi connectivity index (χ1n) is 10.5. The molecule has 0 aromatic heterocycles. The van der Waals surface area contributed by atoms with Crippen molar-refractivity contribution in [2.45, 2.75) is 72.2 Å². The summed E-state index contributed by atoms with van der Waals surface area (Å²) >= 11 is 0. The normalized spacial score (nSPS) is 17.9. The molecule has 0 radical (unpaired) electrons. The number of alkyl carbamates (subject to hydrolysis) is 1. The number of rotatable bonds is 6. The van der Waals surface area contributed by atoms with E-state index >= 15 is 0 Å². The Labute approximate surface area is 185 Å². The third kappa shape index (κ3) is 6.84. The maximum Gasteiger partial charge on any atom is 0.492 e. The molecule has 1 heterocycles. The zero-order valence-corrected chi connectivity index (χ0v) is 19.8. The number of hydrogen-bond donors (Lipinski definition) is 1. The van der Waals surface area contributed by atoms with Crippen LogP contribution in [-0.2, 0) is 18.8 Å². The standard InChI is InChI=1S/C23H34BNO6/c1-9-28-19(26)17-12-10-11-16(13-17)14-18(15-25-20(27)29-21(2,3)4)24-30-22(5,6)23(7,8)31-24/h10-14H,9,15H2,1-8H3,(H,25,27). The fourth-order valence-electron chi connectivity index (χ4n) is 2.87. The first-order chi connectivity index (χ1) is 14.2. The van der Waals surface area contributed by atoms with E-state index in [-0.39, 0.29) is 12.5 Å². The van der Waals surface area contributed by atoms with Crippen molar-refractivity contribution < 1.29 is 28.4 Å². The summed E-state index contributed by atoms with van der Waals surface area (Å²) < 4.78 is 22.8. The summed E-state index contributed by atoms with van der Waals surface area (Å²) in [5.41, 5.74) is 0.243. The lowest BCUT2D eigenvalue weighted by Crippen LogP contribution is -2.41. The molecule has 8 heteroatoms. The summed E-state index contributed by atoms with van der Waals surface area (Å²) in [6.07, 6.45) is 1.32. The quantitative estimate of drug-likeness (QED) is 0.531. The largest absolute Gasteiger partial charge is 0.492 e. The number of carbonyl (C=O) groups excluding carboxylic acids is 2. The lowest BCUT2D eigenvalue weighted by atomic mass is 9.77. The summed E-state index contributed by atoms with van der Waals surface area (Å²) in [7, 11) is -0.661. The van der Waals surface area contributed by atoms with Crippen LogP contribution in [0.2, 0.25) is 0 Å². The van der Waals surface area contributed by atoms with Crippen molar-refractivity contribution in [3.63, 3.8) is 0 Å². The molecule has 31 heavy (non-hydrogen) atoms. The molecule has 0 aliphatic carbocycles. The van der Waals surface area contributed by atoms with Crippen molar-refractivity contribution >= 4 is 25.3 Å². The predicted molar refractivity (Wildman–Crippen MR) is 121 cm³/mol. The van der Waals surface area contributed by atoms with E-state index in [4.69, 9.17) is 18.8 Å². The SMILES string of the molecule is CCOC(=O)c1cccc(C=C(CNC(=O)OC(C)(C)C)B2OC(C)(C)C(C)(C)O2)c1. The number of esters is 1. The van der Waals surface area contributed by atoms with Crippen LogP contribution in [0.15, 0.2) is 29.7 Å². The van der Waals surface area contributed by atoms with Crippen LogP contribution < -0.4 is 5.32 Å². The zero-order chi connectivity index (χ0) is 23.4. The summed E-state index contributed by atoms with van der Waals surface area (Å²) in [5, 5.41) is 2.77. The van der Waals surface area contributed by atoms with Gasteiger partial charge in [0.2, 0.25) is 0 Å². The molecule has 1 saturated heterocycles. The van der Waals surface area contributed by atoms with Crippen molar-refractivity contribution in [2.75, 3.05) is 13.2 Å². The first-order valence-corrected chi connectivity index (χ1v) is 10.5. The van der Waals surface area contributed by atoms with Gasteiger partial charge in [-0.05, 0) is 78.6 Å². The Morgan fingerprint density at radius 1 is 1.13 bits per heavy atom. The average molecular weight is 431 g/mol. The van der Waals surface area contributed by atoms with Gasteiger partial charge in [-0.15, -0.1) is 0 Å². The van der Waals surface area contributed by atoms with Crippen LogP contribution in [0.4, 0.5) is 4.79 Å². The van der Waals surface area contributed by atoms with Crippen LogP contribution >= 0.6 is 0 Å². The monoisotopic (exact) mass is 431 g/mol. The molecule has 1 fully saturated rings. The van der Waals surface area contributed by atoms with E-state index in [1.165, 1.54) is 0 Å². The summed E-state index contributed by atoms with van der Waals surface area (Å²) in [6.45, 7) is 15.5. The topological polar surface area (TPSA) is 83.1 Å². The second-order valence-electron chi connectivity index (χ2n) is 9.51.